The van der Waals surface area contributed by atoms with E-state index in [1.807, 2.05) is 6.92 Å². The summed E-state index contributed by atoms with van der Waals surface area (Å²) in [6, 6.07) is 8.83. The molecule has 3 nitrogen and oxygen atoms in total. The SMILES string of the molecule is CCNC(CC1CCCCO1)c1ccc(OCC)cc1. The van der Waals surface area contributed by atoms with Crippen LogP contribution in [0.5, 0.6) is 5.75 Å². The van der Waals surface area contributed by atoms with Crippen molar-refractivity contribution in [2.24, 2.45) is 0 Å². The minimum absolute atomic E-state index is 0.374. The van der Waals surface area contributed by atoms with E-state index in [2.05, 4.69) is 36.5 Å². The normalized spacial score (nSPS) is 20.6. The third-order valence-corrected chi connectivity index (χ3v) is 3.82. The molecule has 20 heavy (non-hydrogen) atoms. The summed E-state index contributed by atoms with van der Waals surface area (Å²) in [7, 11) is 0. The van der Waals surface area contributed by atoms with E-state index < -0.39 is 0 Å². The van der Waals surface area contributed by atoms with Crippen LogP contribution in [0.4, 0.5) is 0 Å². The van der Waals surface area contributed by atoms with E-state index in [1.165, 1.54) is 24.8 Å². The summed E-state index contributed by atoms with van der Waals surface area (Å²) in [4.78, 5) is 0. The van der Waals surface area contributed by atoms with E-state index >= 15 is 0 Å². The number of rotatable bonds is 7. The fourth-order valence-electron chi connectivity index (χ4n) is 2.80. The molecular formula is C17H27NO2. The van der Waals surface area contributed by atoms with Crippen molar-refractivity contribution in [2.45, 2.75) is 51.7 Å². The van der Waals surface area contributed by atoms with Crippen LogP contribution < -0.4 is 10.1 Å². The van der Waals surface area contributed by atoms with Gasteiger partial charge in [0, 0.05) is 12.6 Å². The van der Waals surface area contributed by atoms with Gasteiger partial charge in [-0.1, -0.05) is 19.1 Å². The van der Waals surface area contributed by atoms with Crippen LogP contribution in [0, 0.1) is 0 Å². The van der Waals surface area contributed by atoms with Gasteiger partial charge in [0.15, 0.2) is 0 Å². The van der Waals surface area contributed by atoms with Gasteiger partial charge in [-0.25, -0.2) is 0 Å². The van der Waals surface area contributed by atoms with Gasteiger partial charge < -0.3 is 14.8 Å². The van der Waals surface area contributed by atoms with Gasteiger partial charge in [-0.2, -0.15) is 0 Å². The summed E-state index contributed by atoms with van der Waals surface area (Å²) < 4.78 is 11.4. The quantitative estimate of drug-likeness (QED) is 0.824. The predicted molar refractivity (Wildman–Crippen MR) is 82.2 cm³/mol. The van der Waals surface area contributed by atoms with Gasteiger partial charge in [0.05, 0.1) is 12.7 Å². The van der Waals surface area contributed by atoms with Crippen molar-refractivity contribution in [1.82, 2.24) is 5.32 Å². The minimum atomic E-state index is 0.374. The molecule has 1 heterocycles. The third kappa shape index (κ3) is 4.50. The maximum absolute atomic E-state index is 5.87. The van der Waals surface area contributed by atoms with E-state index in [-0.39, 0.29) is 0 Å². The Morgan fingerprint density at radius 1 is 1.25 bits per heavy atom. The van der Waals surface area contributed by atoms with Gasteiger partial charge >= 0.3 is 0 Å². The van der Waals surface area contributed by atoms with E-state index in [4.69, 9.17) is 9.47 Å². The first-order valence-corrected chi connectivity index (χ1v) is 7.91. The lowest BCUT2D eigenvalue weighted by atomic mass is 9.96. The molecule has 3 heteroatoms. The second-order valence-corrected chi connectivity index (χ2v) is 5.34. The largest absolute Gasteiger partial charge is 0.494 e. The monoisotopic (exact) mass is 277 g/mol. The Morgan fingerprint density at radius 3 is 2.65 bits per heavy atom. The molecule has 2 rings (SSSR count). The molecule has 2 atom stereocenters. The third-order valence-electron chi connectivity index (χ3n) is 3.82. The summed E-state index contributed by atoms with van der Waals surface area (Å²) in [5, 5.41) is 3.58. The van der Waals surface area contributed by atoms with E-state index in [1.54, 1.807) is 0 Å². The van der Waals surface area contributed by atoms with Crippen LogP contribution in [0.3, 0.4) is 0 Å². The van der Waals surface area contributed by atoms with Crippen LogP contribution in [0.25, 0.3) is 0 Å². The van der Waals surface area contributed by atoms with Crippen LogP contribution in [-0.4, -0.2) is 25.9 Å². The van der Waals surface area contributed by atoms with Crippen LogP contribution in [0.15, 0.2) is 24.3 Å². The molecule has 1 fully saturated rings. The van der Waals surface area contributed by atoms with Crippen LogP contribution >= 0.6 is 0 Å². The summed E-state index contributed by atoms with van der Waals surface area (Å²) in [6.45, 7) is 6.78. The number of benzene rings is 1. The number of hydrogen-bond donors (Lipinski definition) is 1. The highest BCUT2D eigenvalue weighted by Crippen LogP contribution is 2.26. The molecule has 1 saturated heterocycles. The molecule has 1 aromatic rings. The van der Waals surface area contributed by atoms with Crippen molar-refractivity contribution in [3.05, 3.63) is 29.8 Å². The van der Waals surface area contributed by atoms with E-state index in [0.717, 1.165) is 25.3 Å². The molecule has 0 spiro atoms. The molecule has 1 aromatic carbocycles. The zero-order valence-electron chi connectivity index (χ0n) is 12.7. The smallest absolute Gasteiger partial charge is 0.119 e. The highest BCUT2D eigenvalue weighted by molar-refractivity contribution is 5.29. The lowest BCUT2D eigenvalue weighted by Gasteiger charge is -2.27. The Balaban J connectivity index is 1.98. The fourth-order valence-corrected chi connectivity index (χ4v) is 2.80. The summed E-state index contributed by atoms with van der Waals surface area (Å²) in [5.41, 5.74) is 1.32. The lowest BCUT2D eigenvalue weighted by molar-refractivity contribution is 0.00514. The van der Waals surface area contributed by atoms with E-state index in [9.17, 15) is 0 Å². The Labute approximate surface area is 122 Å². The molecule has 0 aliphatic carbocycles. The molecule has 0 aromatic heterocycles. The second-order valence-electron chi connectivity index (χ2n) is 5.34. The first-order chi connectivity index (χ1) is 9.83. The maximum atomic E-state index is 5.87. The van der Waals surface area contributed by atoms with Crippen molar-refractivity contribution < 1.29 is 9.47 Å². The summed E-state index contributed by atoms with van der Waals surface area (Å²) >= 11 is 0. The Hall–Kier alpha value is -1.06. The average molecular weight is 277 g/mol. The first-order valence-electron chi connectivity index (χ1n) is 7.91. The van der Waals surface area contributed by atoms with Gasteiger partial charge in [0.1, 0.15) is 5.75 Å². The van der Waals surface area contributed by atoms with Crippen LogP contribution in [-0.2, 0) is 4.74 Å². The number of hydrogen-bond acceptors (Lipinski definition) is 3. The van der Waals surface area contributed by atoms with Gasteiger partial charge in [-0.15, -0.1) is 0 Å². The Bertz CT molecular complexity index is 371. The molecule has 0 radical (unpaired) electrons. The van der Waals surface area contributed by atoms with Crippen molar-refractivity contribution in [2.75, 3.05) is 19.8 Å². The zero-order valence-corrected chi connectivity index (χ0v) is 12.7. The van der Waals surface area contributed by atoms with Gasteiger partial charge in [-0.3, -0.25) is 0 Å². The van der Waals surface area contributed by atoms with Crippen LogP contribution in [0.1, 0.15) is 51.1 Å². The van der Waals surface area contributed by atoms with Crippen LogP contribution in [0.2, 0.25) is 0 Å². The molecular weight excluding hydrogens is 250 g/mol. The number of nitrogens with one attached hydrogen (secondary N) is 1. The molecule has 1 aliphatic rings. The average Bonchev–Trinajstić information content (AvgIpc) is 2.49. The summed E-state index contributed by atoms with van der Waals surface area (Å²) in [6.07, 6.45) is 5.17. The highest BCUT2D eigenvalue weighted by atomic mass is 16.5. The molecule has 0 saturated carbocycles. The number of ether oxygens (including phenoxy) is 2. The first kappa shape index (κ1) is 15.3. The lowest BCUT2D eigenvalue weighted by Crippen LogP contribution is -2.28. The molecule has 2 unspecified atom stereocenters. The predicted octanol–water partition coefficient (Wildman–Crippen LogP) is 3.70. The molecule has 112 valence electrons. The topological polar surface area (TPSA) is 30.5 Å². The molecule has 0 bridgehead atoms. The second kappa shape index (κ2) is 8.28. The molecule has 0 amide bonds. The standard InChI is InChI=1S/C17H27NO2/c1-3-18-17(13-16-7-5-6-12-20-16)14-8-10-15(11-9-14)19-4-2/h8-11,16-18H,3-7,12-13H2,1-2H3. The Morgan fingerprint density at radius 2 is 2.05 bits per heavy atom. The van der Waals surface area contributed by atoms with Gasteiger partial charge in [0.2, 0.25) is 0 Å². The van der Waals surface area contributed by atoms with Gasteiger partial charge in [-0.05, 0) is 56.8 Å². The van der Waals surface area contributed by atoms with E-state index in [0.29, 0.717) is 18.8 Å². The maximum Gasteiger partial charge on any atom is 0.119 e. The van der Waals surface area contributed by atoms with Crippen molar-refractivity contribution in [3.63, 3.8) is 0 Å². The summed E-state index contributed by atoms with van der Waals surface area (Å²) in [5.74, 6) is 0.945. The molecule has 1 aliphatic heterocycles. The van der Waals surface area contributed by atoms with Crippen molar-refractivity contribution in [3.8, 4) is 5.75 Å². The highest BCUT2D eigenvalue weighted by Gasteiger charge is 2.20. The zero-order chi connectivity index (χ0) is 14.2. The Kier molecular flexibility index (Phi) is 6.34. The van der Waals surface area contributed by atoms with Gasteiger partial charge in [0.25, 0.3) is 0 Å². The fraction of sp³-hybridized carbons (Fsp3) is 0.647. The van der Waals surface area contributed by atoms with Crippen molar-refractivity contribution >= 4 is 0 Å². The van der Waals surface area contributed by atoms with Crippen molar-refractivity contribution in [1.29, 1.82) is 0 Å². The minimum Gasteiger partial charge on any atom is -0.494 e. The molecule has 1 N–H and O–H groups in total.